The number of aliphatic hydroxyl groups is 5. The van der Waals surface area contributed by atoms with E-state index in [1.54, 1.807) is 6.92 Å². The first kappa shape index (κ1) is 13.8. The fourth-order valence-electron chi connectivity index (χ4n) is 1.45. The molecule has 0 aliphatic carbocycles. The van der Waals surface area contributed by atoms with Gasteiger partial charge in [-0.05, 0) is 6.92 Å². The molecule has 0 aromatic carbocycles. The van der Waals surface area contributed by atoms with Gasteiger partial charge in [-0.15, -0.1) is 0 Å². The predicted octanol–water partition coefficient (Wildman–Crippen LogP) is -2.82. The van der Waals surface area contributed by atoms with Gasteiger partial charge in [0.25, 0.3) is 0 Å². The van der Waals surface area contributed by atoms with Gasteiger partial charge in [0.05, 0.1) is 19.3 Å². The van der Waals surface area contributed by atoms with E-state index < -0.39 is 43.4 Å². The van der Waals surface area contributed by atoms with Crippen molar-refractivity contribution in [2.24, 2.45) is 0 Å². The Morgan fingerprint density at radius 2 is 1.75 bits per heavy atom. The summed E-state index contributed by atoms with van der Waals surface area (Å²) in [5.41, 5.74) is 0. The summed E-state index contributed by atoms with van der Waals surface area (Å²) in [6.07, 6.45) is -7.04. The molecule has 0 aromatic heterocycles. The van der Waals surface area contributed by atoms with Crippen LogP contribution in [-0.2, 0) is 9.47 Å². The molecular weight excluding hydrogens is 220 g/mol. The van der Waals surface area contributed by atoms with Crippen molar-refractivity contribution in [1.29, 1.82) is 0 Å². The maximum absolute atomic E-state index is 9.54. The summed E-state index contributed by atoms with van der Waals surface area (Å²) < 4.78 is 10.2. The van der Waals surface area contributed by atoms with E-state index in [-0.39, 0.29) is 6.61 Å². The van der Waals surface area contributed by atoms with Crippen LogP contribution in [0.15, 0.2) is 0 Å². The molecule has 0 bridgehead atoms. The van der Waals surface area contributed by atoms with E-state index >= 15 is 0 Å². The molecule has 1 aliphatic rings. The highest BCUT2D eigenvalue weighted by Crippen LogP contribution is 2.22. The molecule has 5 N–H and O–H groups in total. The van der Waals surface area contributed by atoms with Crippen LogP contribution in [-0.4, -0.2) is 75.6 Å². The molecule has 0 radical (unpaired) electrons. The van der Waals surface area contributed by atoms with Gasteiger partial charge in [-0.25, -0.2) is 0 Å². The van der Waals surface area contributed by atoms with Crippen molar-refractivity contribution in [2.75, 3.05) is 13.2 Å². The molecule has 1 rings (SSSR count). The SMILES string of the molecule is CC(CO)O[C@@H]1O[C@H](CO)[C@H](O)[C@H](O)[C@H]1O. The van der Waals surface area contributed by atoms with Crippen molar-refractivity contribution in [2.45, 2.75) is 43.7 Å². The van der Waals surface area contributed by atoms with Crippen LogP contribution in [0, 0.1) is 0 Å². The van der Waals surface area contributed by atoms with E-state index in [1.807, 2.05) is 0 Å². The second-order valence-electron chi connectivity index (χ2n) is 3.83. The van der Waals surface area contributed by atoms with Gasteiger partial charge in [0.2, 0.25) is 0 Å². The van der Waals surface area contributed by atoms with Crippen LogP contribution in [0.3, 0.4) is 0 Å². The zero-order valence-corrected chi connectivity index (χ0v) is 8.93. The van der Waals surface area contributed by atoms with E-state index in [4.69, 9.17) is 19.7 Å². The molecule has 16 heavy (non-hydrogen) atoms. The highest BCUT2D eigenvalue weighted by atomic mass is 16.7. The monoisotopic (exact) mass is 238 g/mol. The summed E-state index contributed by atoms with van der Waals surface area (Å²) in [4.78, 5) is 0. The molecule has 0 saturated carbocycles. The Bertz CT molecular complexity index is 210. The quantitative estimate of drug-likeness (QED) is 0.358. The van der Waals surface area contributed by atoms with Gasteiger partial charge in [-0.3, -0.25) is 0 Å². The molecule has 6 atom stereocenters. The van der Waals surface area contributed by atoms with Gasteiger partial charge in [-0.1, -0.05) is 0 Å². The van der Waals surface area contributed by atoms with Crippen LogP contribution < -0.4 is 0 Å². The second-order valence-corrected chi connectivity index (χ2v) is 3.83. The number of ether oxygens (including phenoxy) is 2. The van der Waals surface area contributed by atoms with Crippen molar-refractivity contribution < 1.29 is 35.0 Å². The van der Waals surface area contributed by atoms with E-state index in [1.165, 1.54) is 0 Å². The number of hydrogen-bond donors (Lipinski definition) is 5. The zero-order valence-electron chi connectivity index (χ0n) is 8.93. The standard InChI is InChI=1S/C9H18O7/c1-4(2-10)15-9-8(14)7(13)6(12)5(3-11)16-9/h4-14H,2-3H2,1H3/t4?,5-,6+,7+,8-,9-/m1/s1. The molecule has 7 heteroatoms. The van der Waals surface area contributed by atoms with E-state index in [9.17, 15) is 15.3 Å². The third-order valence-corrected chi connectivity index (χ3v) is 2.47. The highest BCUT2D eigenvalue weighted by molar-refractivity contribution is 4.89. The van der Waals surface area contributed by atoms with Gasteiger partial charge in [-0.2, -0.15) is 0 Å². The molecule has 1 saturated heterocycles. The average Bonchev–Trinajstić information content (AvgIpc) is 2.29. The number of aliphatic hydroxyl groups excluding tert-OH is 5. The minimum atomic E-state index is -1.46. The summed E-state index contributed by atoms with van der Waals surface area (Å²) in [6, 6.07) is 0. The molecule has 1 heterocycles. The molecular formula is C9H18O7. The Hall–Kier alpha value is -0.280. The molecule has 96 valence electrons. The normalized spacial score (nSPS) is 42.0. The van der Waals surface area contributed by atoms with Crippen LogP contribution >= 0.6 is 0 Å². The fourth-order valence-corrected chi connectivity index (χ4v) is 1.45. The van der Waals surface area contributed by atoms with Crippen LogP contribution in [0.4, 0.5) is 0 Å². The third-order valence-electron chi connectivity index (χ3n) is 2.47. The minimum absolute atomic E-state index is 0.269. The fraction of sp³-hybridized carbons (Fsp3) is 1.00. The minimum Gasteiger partial charge on any atom is -0.394 e. The lowest BCUT2D eigenvalue weighted by atomic mass is 9.99. The summed E-state index contributed by atoms with van der Waals surface area (Å²) in [6.45, 7) is 0.786. The molecule has 0 spiro atoms. The van der Waals surface area contributed by atoms with Crippen molar-refractivity contribution in [3.63, 3.8) is 0 Å². The van der Waals surface area contributed by atoms with E-state index in [2.05, 4.69) is 0 Å². The van der Waals surface area contributed by atoms with Gasteiger partial charge in [0, 0.05) is 0 Å². The Morgan fingerprint density at radius 1 is 1.12 bits per heavy atom. The smallest absolute Gasteiger partial charge is 0.187 e. The van der Waals surface area contributed by atoms with Crippen LogP contribution in [0.1, 0.15) is 6.92 Å². The lowest BCUT2D eigenvalue weighted by molar-refractivity contribution is -0.311. The van der Waals surface area contributed by atoms with Gasteiger partial charge in [0.1, 0.15) is 24.4 Å². The van der Waals surface area contributed by atoms with Gasteiger partial charge in [0.15, 0.2) is 6.29 Å². The molecule has 1 fully saturated rings. The van der Waals surface area contributed by atoms with Crippen LogP contribution in [0.2, 0.25) is 0 Å². The maximum Gasteiger partial charge on any atom is 0.187 e. The first-order valence-corrected chi connectivity index (χ1v) is 5.08. The molecule has 1 aliphatic heterocycles. The summed E-state index contributed by atoms with van der Waals surface area (Å²) in [5, 5.41) is 46.1. The molecule has 0 amide bonds. The largest absolute Gasteiger partial charge is 0.394 e. The Morgan fingerprint density at radius 3 is 2.25 bits per heavy atom. The predicted molar refractivity (Wildman–Crippen MR) is 51.4 cm³/mol. The zero-order chi connectivity index (χ0) is 12.3. The first-order chi connectivity index (χ1) is 7.51. The second kappa shape index (κ2) is 5.87. The van der Waals surface area contributed by atoms with Gasteiger partial charge < -0.3 is 35.0 Å². The lowest BCUT2D eigenvalue weighted by Crippen LogP contribution is -2.59. The van der Waals surface area contributed by atoms with Crippen LogP contribution in [0.25, 0.3) is 0 Å². The first-order valence-electron chi connectivity index (χ1n) is 5.08. The molecule has 0 aromatic rings. The van der Waals surface area contributed by atoms with Crippen LogP contribution in [0.5, 0.6) is 0 Å². The third kappa shape index (κ3) is 2.89. The lowest BCUT2D eigenvalue weighted by Gasteiger charge is -2.40. The van der Waals surface area contributed by atoms with Crippen molar-refractivity contribution >= 4 is 0 Å². The van der Waals surface area contributed by atoms with Crippen molar-refractivity contribution in [1.82, 2.24) is 0 Å². The maximum atomic E-state index is 9.54. The number of rotatable bonds is 4. The number of hydrogen-bond acceptors (Lipinski definition) is 7. The summed E-state index contributed by atoms with van der Waals surface area (Å²) in [7, 11) is 0. The van der Waals surface area contributed by atoms with Crippen molar-refractivity contribution in [3.8, 4) is 0 Å². The summed E-state index contributed by atoms with van der Waals surface area (Å²) >= 11 is 0. The Labute approximate surface area is 92.9 Å². The highest BCUT2D eigenvalue weighted by Gasteiger charge is 2.44. The average molecular weight is 238 g/mol. The Kier molecular flexibility index (Phi) is 5.06. The molecule has 1 unspecified atom stereocenters. The molecule has 7 nitrogen and oxygen atoms in total. The Balaban J connectivity index is 2.63. The topological polar surface area (TPSA) is 120 Å². The van der Waals surface area contributed by atoms with E-state index in [0.29, 0.717) is 0 Å². The van der Waals surface area contributed by atoms with E-state index in [0.717, 1.165) is 0 Å². The van der Waals surface area contributed by atoms with Crippen molar-refractivity contribution in [3.05, 3.63) is 0 Å². The van der Waals surface area contributed by atoms with Gasteiger partial charge >= 0.3 is 0 Å². The summed E-state index contributed by atoms with van der Waals surface area (Å²) in [5.74, 6) is 0.